The molecule has 1 saturated heterocycles. The number of ether oxygens (including phenoxy) is 1. The Morgan fingerprint density at radius 1 is 1.16 bits per heavy atom. The lowest BCUT2D eigenvalue weighted by Gasteiger charge is -2.28. The van der Waals surface area contributed by atoms with E-state index in [0.29, 0.717) is 6.42 Å². The van der Waals surface area contributed by atoms with Gasteiger partial charge in [-0.05, 0) is 31.2 Å². The Kier molecular flexibility index (Phi) is 5.45. The zero-order valence-corrected chi connectivity index (χ0v) is 14.6. The molecule has 2 N–H and O–H groups in total. The highest BCUT2D eigenvalue weighted by atomic mass is 16.5. The highest BCUT2D eigenvalue weighted by molar-refractivity contribution is 5.90. The van der Waals surface area contributed by atoms with Crippen molar-refractivity contribution in [3.05, 3.63) is 36.2 Å². The molecule has 0 radical (unpaired) electrons. The highest BCUT2D eigenvalue weighted by Crippen LogP contribution is 2.22. The summed E-state index contributed by atoms with van der Waals surface area (Å²) in [5.74, 6) is 2.38. The summed E-state index contributed by atoms with van der Waals surface area (Å²) in [6, 6.07) is 9.51. The van der Waals surface area contributed by atoms with Gasteiger partial charge in [-0.2, -0.15) is 0 Å². The van der Waals surface area contributed by atoms with Gasteiger partial charge in [0.2, 0.25) is 5.91 Å². The lowest BCUT2D eigenvalue weighted by Crippen LogP contribution is -2.36. The van der Waals surface area contributed by atoms with E-state index in [4.69, 9.17) is 4.74 Å². The van der Waals surface area contributed by atoms with Crippen molar-refractivity contribution in [3.63, 3.8) is 0 Å². The van der Waals surface area contributed by atoms with E-state index in [-0.39, 0.29) is 5.91 Å². The van der Waals surface area contributed by atoms with E-state index < -0.39 is 0 Å². The molecule has 0 bridgehead atoms. The normalized spacial score (nSPS) is 14.2. The summed E-state index contributed by atoms with van der Waals surface area (Å²) in [6.45, 7) is 6.82. The van der Waals surface area contributed by atoms with Crippen molar-refractivity contribution in [1.29, 1.82) is 0 Å². The van der Waals surface area contributed by atoms with Gasteiger partial charge in [-0.15, -0.1) is 0 Å². The molecule has 2 heterocycles. The standard InChI is InChI=1S/C18H23N5O2/c1-3-18(24)22-15-6-4-14(5-7-15)21-16-12-17(20-13(2)19-16)23-8-10-25-11-9-23/h4-7,12H,3,8-11H2,1-2H3,(H,22,24)(H,19,20,21). The molecule has 7 nitrogen and oxygen atoms in total. The van der Waals surface area contributed by atoms with Crippen LogP contribution in [0, 0.1) is 6.92 Å². The molecule has 1 aliphatic heterocycles. The molecule has 1 aliphatic rings. The smallest absolute Gasteiger partial charge is 0.224 e. The van der Waals surface area contributed by atoms with Gasteiger partial charge in [-0.1, -0.05) is 6.92 Å². The van der Waals surface area contributed by atoms with E-state index in [0.717, 1.165) is 55.1 Å². The second-order valence-electron chi connectivity index (χ2n) is 5.86. The molecule has 0 aliphatic carbocycles. The quantitative estimate of drug-likeness (QED) is 0.870. The number of benzene rings is 1. The number of aromatic nitrogens is 2. The Bertz CT molecular complexity index is 727. The number of morpholine rings is 1. The number of amides is 1. The molecule has 1 aromatic carbocycles. The van der Waals surface area contributed by atoms with Gasteiger partial charge in [0.25, 0.3) is 0 Å². The fraction of sp³-hybridized carbons (Fsp3) is 0.389. The Morgan fingerprint density at radius 2 is 1.84 bits per heavy atom. The Balaban J connectivity index is 1.71. The molecule has 2 aromatic rings. The fourth-order valence-corrected chi connectivity index (χ4v) is 2.60. The fourth-order valence-electron chi connectivity index (χ4n) is 2.60. The van der Waals surface area contributed by atoms with E-state index in [1.165, 1.54) is 0 Å². The third-order valence-corrected chi connectivity index (χ3v) is 3.92. The first-order valence-corrected chi connectivity index (χ1v) is 8.49. The summed E-state index contributed by atoms with van der Waals surface area (Å²) in [5, 5.41) is 6.13. The van der Waals surface area contributed by atoms with Crippen LogP contribution in [-0.4, -0.2) is 42.2 Å². The lowest BCUT2D eigenvalue weighted by atomic mass is 10.2. The second kappa shape index (κ2) is 7.94. The van der Waals surface area contributed by atoms with Gasteiger partial charge in [0.15, 0.2) is 0 Å². The number of hydrogen-bond donors (Lipinski definition) is 2. The molecule has 0 unspecified atom stereocenters. The first kappa shape index (κ1) is 17.2. The first-order valence-electron chi connectivity index (χ1n) is 8.49. The maximum absolute atomic E-state index is 11.4. The van der Waals surface area contributed by atoms with E-state index in [1.807, 2.05) is 44.2 Å². The summed E-state index contributed by atoms with van der Waals surface area (Å²) in [7, 11) is 0. The molecule has 1 aromatic heterocycles. The third kappa shape index (κ3) is 4.67. The zero-order chi connectivity index (χ0) is 17.6. The van der Waals surface area contributed by atoms with Crippen LogP contribution in [0.5, 0.6) is 0 Å². The minimum absolute atomic E-state index is 0.00212. The predicted molar refractivity (Wildman–Crippen MR) is 98.4 cm³/mol. The zero-order valence-electron chi connectivity index (χ0n) is 14.6. The minimum atomic E-state index is 0.00212. The molecule has 1 fully saturated rings. The van der Waals surface area contributed by atoms with Gasteiger partial charge in [0, 0.05) is 37.0 Å². The van der Waals surface area contributed by atoms with Crippen molar-refractivity contribution < 1.29 is 9.53 Å². The van der Waals surface area contributed by atoms with Crippen molar-refractivity contribution in [2.24, 2.45) is 0 Å². The second-order valence-corrected chi connectivity index (χ2v) is 5.86. The molecule has 0 spiro atoms. The van der Waals surface area contributed by atoms with Crippen LogP contribution in [-0.2, 0) is 9.53 Å². The summed E-state index contributed by atoms with van der Waals surface area (Å²) in [6.07, 6.45) is 0.463. The Morgan fingerprint density at radius 3 is 2.52 bits per heavy atom. The number of carbonyl (C=O) groups excluding carboxylic acids is 1. The molecular weight excluding hydrogens is 318 g/mol. The van der Waals surface area contributed by atoms with Crippen LogP contribution in [0.2, 0.25) is 0 Å². The van der Waals surface area contributed by atoms with E-state index in [9.17, 15) is 4.79 Å². The minimum Gasteiger partial charge on any atom is -0.378 e. The van der Waals surface area contributed by atoms with E-state index in [2.05, 4.69) is 25.5 Å². The van der Waals surface area contributed by atoms with Crippen LogP contribution in [0.1, 0.15) is 19.2 Å². The summed E-state index contributed by atoms with van der Waals surface area (Å²) >= 11 is 0. The molecule has 132 valence electrons. The van der Waals surface area contributed by atoms with Crippen LogP contribution in [0.4, 0.5) is 23.0 Å². The van der Waals surface area contributed by atoms with Crippen LogP contribution < -0.4 is 15.5 Å². The van der Waals surface area contributed by atoms with E-state index >= 15 is 0 Å². The summed E-state index contributed by atoms with van der Waals surface area (Å²) in [5.41, 5.74) is 1.69. The number of nitrogens with one attached hydrogen (secondary N) is 2. The predicted octanol–water partition coefficient (Wildman–Crippen LogP) is 2.71. The van der Waals surface area contributed by atoms with Gasteiger partial charge in [-0.3, -0.25) is 4.79 Å². The van der Waals surface area contributed by atoms with Crippen LogP contribution in [0.3, 0.4) is 0 Å². The van der Waals surface area contributed by atoms with Crippen LogP contribution in [0.25, 0.3) is 0 Å². The van der Waals surface area contributed by atoms with Crippen molar-refractivity contribution in [1.82, 2.24) is 9.97 Å². The summed E-state index contributed by atoms with van der Waals surface area (Å²) < 4.78 is 5.39. The Hall–Kier alpha value is -2.67. The number of carbonyl (C=O) groups is 1. The van der Waals surface area contributed by atoms with Gasteiger partial charge in [-0.25, -0.2) is 9.97 Å². The largest absolute Gasteiger partial charge is 0.378 e. The molecule has 1 amide bonds. The topological polar surface area (TPSA) is 79.4 Å². The third-order valence-electron chi connectivity index (χ3n) is 3.92. The van der Waals surface area contributed by atoms with Crippen LogP contribution in [0.15, 0.2) is 30.3 Å². The molecular formula is C18H23N5O2. The number of aryl methyl sites for hydroxylation is 1. The Labute approximate surface area is 147 Å². The van der Waals surface area contributed by atoms with Crippen molar-refractivity contribution >= 4 is 28.9 Å². The van der Waals surface area contributed by atoms with Gasteiger partial charge < -0.3 is 20.3 Å². The average molecular weight is 341 g/mol. The number of hydrogen-bond acceptors (Lipinski definition) is 6. The highest BCUT2D eigenvalue weighted by Gasteiger charge is 2.14. The SMILES string of the molecule is CCC(=O)Nc1ccc(Nc2cc(N3CCOCC3)nc(C)n2)cc1. The van der Waals surface area contributed by atoms with Crippen molar-refractivity contribution in [2.75, 3.05) is 41.8 Å². The van der Waals surface area contributed by atoms with Gasteiger partial charge in [0.1, 0.15) is 17.5 Å². The lowest BCUT2D eigenvalue weighted by molar-refractivity contribution is -0.115. The molecule has 25 heavy (non-hydrogen) atoms. The number of nitrogens with zero attached hydrogens (tertiary/aromatic N) is 3. The molecule has 7 heteroatoms. The molecule has 0 saturated carbocycles. The summed E-state index contributed by atoms with van der Waals surface area (Å²) in [4.78, 5) is 22.6. The average Bonchev–Trinajstić information content (AvgIpc) is 2.63. The van der Waals surface area contributed by atoms with E-state index in [1.54, 1.807) is 0 Å². The molecule has 3 rings (SSSR count). The maximum Gasteiger partial charge on any atom is 0.224 e. The number of rotatable bonds is 5. The number of anilines is 4. The monoisotopic (exact) mass is 341 g/mol. The molecule has 0 atom stereocenters. The van der Waals surface area contributed by atoms with Crippen molar-refractivity contribution in [2.45, 2.75) is 20.3 Å². The van der Waals surface area contributed by atoms with Crippen molar-refractivity contribution in [3.8, 4) is 0 Å². The van der Waals surface area contributed by atoms with Gasteiger partial charge >= 0.3 is 0 Å². The first-order chi connectivity index (χ1) is 12.1. The maximum atomic E-state index is 11.4. The van der Waals surface area contributed by atoms with Crippen LogP contribution >= 0.6 is 0 Å². The van der Waals surface area contributed by atoms with Gasteiger partial charge in [0.05, 0.1) is 13.2 Å².